The van der Waals surface area contributed by atoms with Crippen molar-refractivity contribution in [2.45, 2.75) is 26.4 Å². The van der Waals surface area contributed by atoms with Crippen LogP contribution in [0.3, 0.4) is 0 Å². The summed E-state index contributed by atoms with van der Waals surface area (Å²) in [6.07, 6.45) is 0.398. The lowest BCUT2D eigenvalue weighted by molar-refractivity contribution is -0.117. The van der Waals surface area contributed by atoms with Crippen molar-refractivity contribution in [1.29, 1.82) is 0 Å². The lowest BCUT2D eigenvalue weighted by atomic mass is 10.1. The van der Waals surface area contributed by atoms with E-state index < -0.39 is 0 Å². The molecule has 0 unspecified atom stereocenters. The van der Waals surface area contributed by atoms with E-state index in [1.54, 1.807) is 0 Å². The zero-order valence-corrected chi connectivity index (χ0v) is 16.7. The minimum atomic E-state index is 0.123. The van der Waals surface area contributed by atoms with Crippen molar-refractivity contribution in [3.8, 4) is 5.75 Å². The number of fused-ring (bicyclic) bond motifs is 1. The van der Waals surface area contributed by atoms with Gasteiger partial charge in [-0.25, -0.2) is 0 Å². The molecule has 0 saturated heterocycles. The molecule has 0 bridgehead atoms. The highest BCUT2D eigenvalue weighted by molar-refractivity contribution is 6.02. The van der Waals surface area contributed by atoms with E-state index in [1.165, 1.54) is 11.1 Å². The molecule has 1 aliphatic rings. The third-order valence-corrected chi connectivity index (χ3v) is 5.16. The molecule has 0 spiro atoms. The molecule has 29 heavy (non-hydrogen) atoms. The van der Waals surface area contributed by atoms with Crippen molar-refractivity contribution in [1.82, 2.24) is 5.32 Å². The van der Waals surface area contributed by atoms with Gasteiger partial charge in [-0.3, -0.25) is 4.79 Å². The smallest absolute Gasteiger partial charge is 0.231 e. The standard InChI is InChI=1S/C25H26N2O2/c1-19-7-5-10-21(15-19)17-26-13-14-29-24-12-6-11-23-22(24)16-25(28)27(23)18-20-8-3-2-4-9-20/h2-12,15,26H,13-14,16-18H2,1H3. The average Bonchev–Trinajstić information content (AvgIpc) is 3.05. The highest BCUT2D eigenvalue weighted by atomic mass is 16.5. The van der Waals surface area contributed by atoms with Gasteiger partial charge in [0.25, 0.3) is 0 Å². The Morgan fingerprint density at radius 3 is 2.59 bits per heavy atom. The fraction of sp³-hybridized carbons (Fsp3) is 0.240. The summed E-state index contributed by atoms with van der Waals surface area (Å²) in [7, 11) is 0. The number of ether oxygens (including phenoxy) is 1. The number of carbonyl (C=O) groups is 1. The largest absolute Gasteiger partial charge is 0.492 e. The molecule has 1 heterocycles. The predicted octanol–water partition coefficient (Wildman–Crippen LogP) is 4.25. The molecular weight excluding hydrogens is 360 g/mol. The Morgan fingerprint density at radius 1 is 0.966 bits per heavy atom. The summed E-state index contributed by atoms with van der Waals surface area (Å²) >= 11 is 0. The Labute approximate surface area is 172 Å². The highest BCUT2D eigenvalue weighted by Crippen LogP contribution is 2.36. The molecule has 4 nitrogen and oxygen atoms in total. The Hall–Kier alpha value is -3.11. The van der Waals surface area contributed by atoms with Crippen LogP contribution in [0.2, 0.25) is 0 Å². The first-order valence-electron chi connectivity index (χ1n) is 10.1. The fourth-order valence-electron chi connectivity index (χ4n) is 3.73. The van der Waals surface area contributed by atoms with Gasteiger partial charge in [0.05, 0.1) is 18.7 Å². The summed E-state index contributed by atoms with van der Waals surface area (Å²) in [4.78, 5) is 14.5. The van der Waals surface area contributed by atoms with Crippen LogP contribution in [0, 0.1) is 6.92 Å². The van der Waals surface area contributed by atoms with Gasteiger partial charge < -0.3 is 15.0 Å². The molecule has 4 rings (SSSR count). The molecule has 148 valence electrons. The van der Waals surface area contributed by atoms with Crippen LogP contribution in [0.4, 0.5) is 5.69 Å². The molecule has 0 atom stereocenters. The molecule has 0 fully saturated rings. The molecule has 0 radical (unpaired) electrons. The van der Waals surface area contributed by atoms with Crippen LogP contribution in [0.1, 0.15) is 22.3 Å². The fourth-order valence-corrected chi connectivity index (χ4v) is 3.73. The van der Waals surface area contributed by atoms with Crippen molar-refractivity contribution < 1.29 is 9.53 Å². The van der Waals surface area contributed by atoms with Crippen LogP contribution in [0.15, 0.2) is 72.8 Å². The van der Waals surface area contributed by atoms with Crippen molar-refractivity contribution in [2.24, 2.45) is 0 Å². The quantitative estimate of drug-likeness (QED) is 0.589. The van der Waals surface area contributed by atoms with Crippen LogP contribution < -0.4 is 15.0 Å². The number of aryl methyl sites for hydroxylation is 1. The molecule has 3 aromatic rings. The molecule has 0 aromatic heterocycles. The van der Waals surface area contributed by atoms with E-state index in [4.69, 9.17) is 4.74 Å². The van der Waals surface area contributed by atoms with Gasteiger partial charge in [0.15, 0.2) is 0 Å². The Morgan fingerprint density at radius 2 is 1.76 bits per heavy atom. The number of hydrogen-bond acceptors (Lipinski definition) is 3. The van der Waals surface area contributed by atoms with Crippen molar-refractivity contribution in [2.75, 3.05) is 18.1 Å². The molecule has 1 aliphatic heterocycles. The van der Waals surface area contributed by atoms with Crippen molar-refractivity contribution in [3.63, 3.8) is 0 Å². The van der Waals surface area contributed by atoms with Crippen LogP contribution in [0.5, 0.6) is 5.75 Å². The van der Waals surface area contributed by atoms with E-state index in [0.29, 0.717) is 19.6 Å². The normalized spacial score (nSPS) is 12.9. The third kappa shape index (κ3) is 4.66. The van der Waals surface area contributed by atoms with E-state index in [2.05, 4.69) is 36.5 Å². The lowest BCUT2D eigenvalue weighted by Crippen LogP contribution is -2.25. The second-order valence-electron chi connectivity index (χ2n) is 7.41. The molecule has 1 N–H and O–H groups in total. The van der Waals surface area contributed by atoms with Crippen LogP contribution >= 0.6 is 0 Å². The molecule has 3 aromatic carbocycles. The minimum Gasteiger partial charge on any atom is -0.492 e. The molecular formula is C25H26N2O2. The minimum absolute atomic E-state index is 0.123. The summed E-state index contributed by atoms with van der Waals surface area (Å²) in [5, 5.41) is 3.41. The molecule has 0 aliphatic carbocycles. The predicted molar refractivity (Wildman–Crippen MR) is 116 cm³/mol. The van der Waals surface area contributed by atoms with E-state index in [-0.39, 0.29) is 5.91 Å². The number of carbonyl (C=O) groups excluding carboxylic acids is 1. The Kier molecular flexibility index (Phi) is 5.92. The van der Waals surface area contributed by atoms with Gasteiger partial charge in [0, 0.05) is 18.7 Å². The summed E-state index contributed by atoms with van der Waals surface area (Å²) in [5.41, 5.74) is 5.62. The van der Waals surface area contributed by atoms with Crippen LogP contribution in [-0.2, 0) is 24.3 Å². The number of amides is 1. The maximum Gasteiger partial charge on any atom is 0.231 e. The number of anilines is 1. The van der Waals surface area contributed by atoms with Gasteiger partial charge >= 0.3 is 0 Å². The number of rotatable bonds is 8. The first kappa shape index (κ1) is 19.2. The van der Waals surface area contributed by atoms with Crippen LogP contribution in [-0.4, -0.2) is 19.1 Å². The van der Waals surface area contributed by atoms with E-state index in [1.807, 2.05) is 53.4 Å². The molecule has 1 amide bonds. The number of benzene rings is 3. The van der Waals surface area contributed by atoms with E-state index in [0.717, 1.165) is 35.7 Å². The maximum absolute atomic E-state index is 12.6. The van der Waals surface area contributed by atoms with Gasteiger partial charge in [-0.05, 0) is 30.2 Å². The van der Waals surface area contributed by atoms with E-state index in [9.17, 15) is 4.79 Å². The van der Waals surface area contributed by atoms with Crippen molar-refractivity contribution >= 4 is 11.6 Å². The summed E-state index contributed by atoms with van der Waals surface area (Å²) in [6, 6.07) is 24.5. The summed E-state index contributed by atoms with van der Waals surface area (Å²) in [6.45, 7) is 4.83. The van der Waals surface area contributed by atoms with Gasteiger partial charge in [0.1, 0.15) is 12.4 Å². The summed E-state index contributed by atoms with van der Waals surface area (Å²) < 4.78 is 6.02. The van der Waals surface area contributed by atoms with Crippen LogP contribution in [0.25, 0.3) is 0 Å². The first-order valence-corrected chi connectivity index (χ1v) is 10.1. The number of hydrogen-bond donors (Lipinski definition) is 1. The summed E-state index contributed by atoms with van der Waals surface area (Å²) in [5.74, 6) is 0.932. The maximum atomic E-state index is 12.6. The number of nitrogens with zero attached hydrogens (tertiary/aromatic N) is 1. The Bertz CT molecular complexity index is 985. The van der Waals surface area contributed by atoms with Gasteiger partial charge in [0.2, 0.25) is 5.91 Å². The van der Waals surface area contributed by atoms with Gasteiger partial charge in [-0.1, -0.05) is 66.2 Å². The molecule has 4 heteroatoms. The molecule has 0 saturated carbocycles. The lowest BCUT2D eigenvalue weighted by Gasteiger charge is -2.18. The first-order chi connectivity index (χ1) is 14.2. The number of nitrogens with one attached hydrogen (secondary N) is 1. The SMILES string of the molecule is Cc1cccc(CNCCOc2cccc3c2CC(=O)N3Cc2ccccc2)c1. The highest BCUT2D eigenvalue weighted by Gasteiger charge is 2.29. The second-order valence-corrected chi connectivity index (χ2v) is 7.41. The zero-order chi connectivity index (χ0) is 20.1. The third-order valence-electron chi connectivity index (χ3n) is 5.16. The van der Waals surface area contributed by atoms with Gasteiger partial charge in [-0.2, -0.15) is 0 Å². The Balaban J connectivity index is 1.34. The average molecular weight is 386 g/mol. The van der Waals surface area contributed by atoms with Crippen molar-refractivity contribution in [3.05, 3.63) is 95.1 Å². The monoisotopic (exact) mass is 386 g/mol. The second kappa shape index (κ2) is 8.93. The zero-order valence-electron chi connectivity index (χ0n) is 16.7. The topological polar surface area (TPSA) is 41.6 Å². The van der Waals surface area contributed by atoms with Gasteiger partial charge in [-0.15, -0.1) is 0 Å². The van der Waals surface area contributed by atoms with E-state index >= 15 is 0 Å².